The molecule has 0 radical (unpaired) electrons. The molecule has 0 fully saturated rings. The van der Waals surface area contributed by atoms with Crippen LogP contribution >= 0.6 is 12.4 Å². The number of nitrogens with zero attached hydrogens (tertiary/aromatic N) is 1. The lowest BCUT2D eigenvalue weighted by molar-refractivity contribution is 0.299. The lowest BCUT2D eigenvalue weighted by atomic mass is 10.2. The van der Waals surface area contributed by atoms with Crippen molar-refractivity contribution in [3.63, 3.8) is 0 Å². The predicted molar refractivity (Wildman–Crippen MR) is 101 cm³/mol. The van der Waals surface area contributed by atoms with Gasteiger partial charge in [0.05, 0.1) is 0 Å². The molecule has 0 saturated heterocycles. The van der Waals surface area contributed by atoms with Gasteiger partial charge in [0.15, 0.2) is 0 Å². The van der Waals surface area contributed by atoms with Crippen molar-refractivity contribution in [2.75, 3.05) is 40.3 Å². The molecule has 0 unspecified atom stereocenters. The number of rotatable bonds is 10. The minimum Gasteiger partial charge on any atom is -0.492 e. The zero-order valence-electron chi connectivity index (χ0n) is 14.4. The second kappa shape index (κ2) is 11.7. The Kier molecular flexibility index (Phi) is 9.92. The van der Waals surface area contributed by atoms with Crippen molar-refractivity contribution in [1.29, 1.82) is 0 Å². The van der Waals surface area contributed by atoms with E-state index in [9.17, 15) is 0 Å². The van der Waals surface area contributed by atoms with Crippen LogP contribution in [0.25, 0.3) is 0 Å². The maximum atomic E-state index is 5.75. The number of hydrogen-bond acceptors (Lipinski definition) is 4. The third-order valence-electron chi connectivity index (χ3n) is 3.36. The van der Waals surface area contributed by atoms with Crippen LogP contribution in [0.4, 0.5) is 0 Å². The summed E-state index contributed by atoms with van der Waals surface area (Å²) in [5, 5.41) is 3.35. The summed E-state index contributed by atoms with van der Waals surface area (Å²) in [6.07, 6.45) is 0. The van der Waals surface area contributed by atoms with Crippen LogP contribution in [0.2, 0.25) is 0 Å². The van der Waals surface area contributed by atoms with E-state index in [4.69, 9.17) is 9.47 Å². The van der Waals surface area contributed by atoms with Crippen molar-refractivity contribution in [2.24, 2.45) is 0 Å². The third kappa shape index (κ3) is 8.20. The first-order chi connectivity index (χ1) is 11.2. The van der Waals surface area contributed by atoms with Gasteiger partial charge in [-0.05, 0) is 43.9 Å². The van der Waals surface area contributed by atoms with Gasteiger partial charge in [-0.3, -0.25) is 0 Å². The maximum Gasteiger partial charge on any atom is 0.120 e. The van der Waals surface area contributed by atoms with E-state index in [1.807, 2.05) is 42.5 Å². The summed E-state index contributed by atoms with van der Waals surface area (Å²) in [5.74, 6) is 1.72. The van der Waals surface area contributed by atoms with E-state index < -0.39 is 0 Å². The third-order valence-corrected chi connectivity index (χ3v) is 3.36. The molecule has 0 aliphatic carbocycles. The topological polar surface area (TPSA) is 33.7 Å². The number of halogens is 1. The van der Waals surface area contributed by atoms with E-state index in [0.717, 1.165) is 36.7 Å². The summed E-state index contributed by atoms with van der Waals surface area (Å²) < 4.78 is 11.5. The largest absolute Gasteiger partial charge is 0.492 e. The summed E-state index contributed by atoms with van der Waals surface area (Å²) in [6, 6.07) is 17.9. The Balaban J connectivity index is 0.00000288. The maximum absolute atomic E-state index is 5.75. The molecule has 0 aromatic heterocycles. The van der Waals surface area contributed by atoms with Crippen LogP contribution in [0.5, 0.6) is 11.5 Å². The van der Waals surface area contributed by atoms with Crippen LogP contribution in [-0.2, 0) is 6.61 Å². The SMILES string of the molecule is CN(C)CCNCCOc1ccc(OCc2ccccc2)cc1.Cl. The lowest BCUT2D eigenvalue weighted by Crippen LogP contribution is -2.29. The molecule has 0 amide bonds. The van der Waals surface area contributed by atoms with Gasteiger partial charge < -0.3 is 19.7 Å². The van der Waals surface area contributed by atoms with E-state index in [-0.39, 0.29) is 12.4 Å². The Hall–Kier alpha value is -1.75. The first-order valence-electron chi connectivity index (χ1n) is 7.99. The van der Waals surface area contributed by atoms with Crippen LogP contribution in [-0.4, -0.2) is 45.2 Å². The normalized spacial score (nSPS) is 10.3. The summed E-state index contributed by atoms with van der Waals surface area (Å²) in [6.45, 7) is 4.10. The number of ether oxygens (including phenoxy) is 2. The van der Waals surface area contributed by atoms with E-state index in [1.165, 1.54) is 0 Å². The van der Waals surface area contributed by atoms with Gasteiger partial charge in [-0.2, -0.15) is 0 Å². The van der Waals surface area contributed by atoms with Crippen LogP contribution in [0, 0.1) is 0 Å². The summed E-state index contributed by atoms with van der Waals surface area (Å²) in [4.78, 5) is 2.15. The molecule has 2 aromatic carbocycles. The zero-order chi connectivity index (χ0) is 16.3. The number of nitrogens with one attached hydrogen (secondary N) is 1. The molecule has 24 heavy (non-hydrogen) atoms. The Morgan fingerprint density at radius 3 is 2.08 bits per heavy atom. The smallest absolute Gasteiger partial charge is 0.120 e. The Morgan fingerprint density at radius 1 is 0.833 bits per heavy atom. The van der Waals surface area contributed by atoms with E-state index in [2.05, 4.69) is 36.4 Å². The lowest BCUT2D eigenvalue weighted by Gasteiger charge is -2.11. The highest BCUT2D eigenvalue weighted by Crippen LogP contribution is 2.18. The van der Waals surface area contributed by atoms with Crippen LogP contribution in [0.15, 0.2) is 54.6 Å². The highest BCUT2D eigenvalue weighted by Gasteiger charge is 1.98. The van der Waals surface area contributed by atoms with Crippen LogP contribution in [0.1, 0.15) is 5.56 Å². The van der Waals surface area contributed by atoms with Crippen molar-refractivity contribution in [3.8, 4) is 11.5 Å². The molecule has 0 aliphatic heterocycles. The highest BCUT2D eigenvalue weighted by atomic mass is 35.5. The number of likely N-dealkylation sites (N-methyl/N-ethyl adjacent to an activating group) is 1. The molecule has 0 aliphatic rings. The molecule has 2 rings (SSSR count). The Labute approximate surface area is 151 Å². The second-order valence-corrected chi connectivity index (χ2v) is 5.65. The summed E-state index contributed by atoms with van der Waals surface area (Å²) >= 11 is 0. The molecule has 2 aromatic rings. The van der Waals surface area contributed by atoms with Crippen LogP contribution in [0.3, 0.4) is 0 Å². The predicted octanol–water partition coefficient (Wildman–Crippen LogP) is 3.22. The van der Waals surface area contributed by atoms with Gasteiger partial charge in [-0.25, -0.2) is 0 Å². The fraction of sp³-hybridized carbons (Fsp3) is 0.368. The molecule has 132 valence electrons. The highest BCUT2D eigenvalue weighted by molar-refractivity contribution is 5.85. The molecule has 4 nitrogen and oxygen atoms in total. The first-order valence-corrected chi connectivity index (χ1v) is 7.99. The zero-order valence-corrected chi connectivity index (χ0v) is 15.2. The van der Waals surface area contributed by atoms with E-state index >= 15 is 0 Å². The van der Waals surface area contributed by atoms with E-state index in [0.29, 0.717) is 13.2 Å². The second-order valence-electron chi connectivity index (χ2n) is 5.65. The quantitative estimate of drug-likeness (QED) is 0.667. The Bertz CT molecular complexity index is 547. The average Bonchev–Trinajstić information content (AvgIpc) is 2.58. The molecule has 5 heteroatoms. The van der Waals surface area contributed by atoms with Gasteiger partial charge in [-0.15, -0.1) is 12.4 Å². The van der Waals surface area contributed by atoms with Crippen LogP contribution < -0.4 is 14.8 Å². The molecule has 1 N–H and O–H groups in total. The first kappa shape index (κ1) is 20.3. The molecule has 0 spiro atoms. The number of benzene rings is 2. The summed E-state index contributed by atoms with van der Waals surface area (Å²) in [5.41, 5.74) is 1.16. The minimum absolute atomic E-state index is 0. The minimum atomic E-state index is 0. The van der Waals surface area contributed by atoms with Gasteiger partial charge in [0.2, 0.25) is 0 Å². The van der Waals surface area contributed by atoms with Gasteiger partial charge in [0.25, 0.3) is 0 Å². The van der Waals surface area contributed by atoms with E-state index in [1.54, 1.807) is 0 Å². The molecular weight excluding hydrogens is 324 g/mol. The Morgan fingerprint density at radius 2 is 1.46 bits per heavy atom. The fourth-order valence-electron chi connectivity index (χ4n) is 2.04. The van der Waals surface area contributed by atoms with Crippen molar-refractivity contribution in [3.05, 3.63) is 60.2 Å². The summed E-state index contributed by atoms with van der Waals surface area (Å²) in [7, 11) is 4.14. The van der Waals surface area contributed by atoms with Gasteiger partial charge in [0.1, 0.15) is 24.7 Å². The molecule has 0 atom stereocenters. The van der Waals surface area contributed by atoms with Gasteiger partial charge in [-0.1, -0.05) is 30.3 Å². The molecule has 0 saturated carbocycles. The molecular formula is C19H27ClN2O2. The fourth-order valence-corrected chi connectivity index (χ4v) is 2.04. The van der Waals surface area contributed by atoms with Gasteiger partial charge in [0, 0.05) is 19.6 Å². The average molecular weight is 351 g/mol. The number of hydrogen-bond donors (Lipinski definition) is 1. The van der Waals surface area contributed by atoms with Crippen molar-refractivity contribution >= 4 is 12.4 Å². The van der Waals surface area contributed by atoms with Crippen molar-refractivity contribution < 1.29 is 9.47 Å². The molecule has 0 bridgehead atoms. The van der Waals surface area contributed by atoms with Crippen molar-refractivity contribution in [2.45, 2.75) is 6.61 Å². The molecule has 0 heterocycles. The van der Waals surface area contributed by atoms with Crippen molar-refractivity contribution in [1.82, 2.24) is 10.2 Å². The van der Waals surface area contributed by atoms with Gasteiger partial charge >= 0.3 is 0 Å². The standard InChI is InChI=1S/C19H26N2O2.ClH/c1-21(2)14-12-20-13-15-22-18-8-10-19(11-9-18)23-16-17-6-4-3-5-7-17;/h3-11,20H,12-16H2,1-2H3;1H. The monoisotopic (exact) mass is 350 g/mol.